The van der Waals surface area contributed by atoms with Crippen molar-refractivity contribution < 1.29 is 19.1 Å². The van der Waals surface area contributed by atoms with Gasteiger partial charge in [-0.05, 0) is 36.8 Å². The first kappa shape index (κ1) is 16.2. The van der Waals surface area contributed by atoms with Gasteiger partial charge in [-0.15, -0.1) is 0 Å². The number of anilines is 1. The van der Waals surface area contributed by atoms with Gasteiger partial charge in [0.05, 0.1) is 17.3 Å². The molecular formula is C18H13ClFNO3. The van der Waals surface area contributed by atoms with E-state index >= 15 is 0 Å². The molecule has 4 nitrogen and oxygen atoms in total. The van der Waals surface area contributed by atoms with Crippen LogP contribution in [0.5, 0.6) is 0 Å². The van der Waals surface area contributed by atoms with Crippen LogP contribution in [0.1, 0.15) is 18.5 Å². The van der Waals surface area contributed by atoms with E-state index in [1.54, 1.807) is 30.3 Å². The molecule has 0 aromatic heterocycles. The molecule has 0 radical (unpaired) electrons. The summed E-state index contributed by atoms with van der Waals surface area (Å²) in [4.78, 5) is 25.6. The molecule has 1 N–H and O–H groups in total. The van der Waals surface area contributed by atoms with Gasteiger partial charge in [0.25, 0.3) is 5.91 Å². The van der Waals surface area contributed by atoms with E-state index in [4.69, 9.17) is 11.6 Å². The lowest BCUT2D eigenvalue weighted by Gasteiger charge is -2.27. The average molecular weight is 346 g/mol. The van der Waals surface area contributed by atoms with Gasteiger partial charge in [0.2, 0.25) is 0 Å². The van der Waals surface area contributed by atoms with Crippen molar-refractivity contribution in [3.8, 4) is 0 Å². The summed E-state index contributed by atoms with van der Waals surface area (Å²) >= 11 is 5.88. The van der Waals surface area contributed by atoms with Crippen molar-refractivity contribution in [3.63, 3.8) is 0 Å². The topological polar surface area (TPSA) is 57.6 Å². The molecule has 0 fully saturated rings. The fourth-order valence-electron chi connectivity index (χ4n) is 2.82. The van der Waals surface area contributed by atoms with Crippen LogP contribution in [0.3, 0.4) is 0 Å². The Morgan fingerprint density at radius 3 is 2.38 bits per heavy atom. The fraction of sp³-hybridized carbons (Fsp3) is 0.111. The molecule has 0 saturated carbocycles. The largest absolute Gasteiger partial charge is 0.503 e. The van der Waals surface area contributed by atoms with Crippen LogP contribution in [0.25, 0.3) is 0 Å². The second-order valence-electron chi connectivity index (χ2n) is 5.40. The third kappa shape index (κ3) is 2.57. The van der Waals surface area contributed by atoms with Gasteiger partial charge in [-0.1, -0.05) is 35.9 Å². The van der Waals surface area contributed by atoms with Crippen LogP contribution >= 0.6 is 11.6 Å². The molecule has 1 unspecified atom stereocenters. The van der Waals surface area contributed by atoms with Crippen molar-refractivity contribution in [1.82, 2.24) is 0 Å². The van der Waals surface area contributed by atoms with Gasteiger partial charge in [0.1, 0.15) is 5.82 Å². The Labute approximate surface area is 142 Å². The number of amides is 1. The van der Waals surface area contributed by atoms with Gasteiger partial charge < -0.3 is 5.11 Å². The Morgan fingerprint density at radius 2 is 1.79 bits per heavy atom. The zero-order valence-electron chi connectivity index (χ0n) is 12.7. The number of para-hydroxylation sites is 1. The van der Waals surface area contributed by atoms with Gasteiger partial charge in [-0.25, -0.2) is 4.39 Å². The van der Waals surface area contributed by atoms with E-state index < -0.39 is 29.3 Å². The number of aliphatic hydroxyl groups is 1. The first-order valence-corrected chi connectivity index (χ1v) is 7.57. The van der Waals surface area contributed by atoms with Crippen molar-refractivity contribution in [1.29, 1.82) is 0 Å². The SMILES string of the molecule is CC(=O)C1=C(O)C(=O)N(c2ccccc2F)C1c1ccc(Cl)cc1. The summed E-state index contributed by atoms with van der Waals surface area (Å²) in [5.74, 6) is -2.56. The Bertz CT molecular complexity index is 861. The monoisotopic (exact) mass is 345 g/mol. The van der Waals surface area contributed by atoms with Crippen molar-refractivity contribution in [2.45, 2.75) is 13.0 Å². The predicted molar refractivity (Wildman–Crippen MR) is 88.4 cm³/mol. The van der Waals surface area contributed by atoms with Crippen LogP contribution in [-0.2, 0) is 9.59 Å². The van der Waals surface area contributed by atoms with Crippen LogP contribution in [-0.4, -0.2) is 16.8 Å². The van der Waals surface area contributed by atoms with E-state index in [0.29, 0.717) is 10.6 Å². The van der Waals surface area contributed by atoms with Crippen LogP contribution in [0.15, 0.2) is 59.9 Å². The maximum absolute atomic E-state index is 14.2. The summed E-state index contributed by atoms with van der Waals surface area (Å²) in [6.45, 7) is 1.26. The standard InChI is InChI=1S/C18H13ClFNO3/c1-10(22)15-16(11-6-8-12(19)9-7-11)21(18(24)17(15)23)14-5-3-2-4-13(14)20/h2-9,16,23H,1H3. The molecule has 0 saturated heterocycles. The Morgan fingerprint density at radius 1 is 1.17 bits per heavy atom. The first-order valence-electron chi connectivity index (χ1n) is 7.19. The van der Waals surface area contributed by atoms with E-state index in [-0.39, 0.29) is 11.3 Å². The number of Topliss-reactive ketones (excluding diaryl/α,β-unsaturated/α-hetero) is 1. The zero-order valence-corrected chi connectivity index (χ0v) is 13.4. The van der Waals surface area contributed by atoms with E-state index in [9.17, 15) is 19.1 Å². The number of benzene rings is 2. The molecule has 1 aliphatic rings. The zero-order chi connectivity index (χ0) is 17.4. The molecule has 2 aromatic rings. The molecule has 6 heteroatoms. The first-order chi connectivity index (χ1) is 11.4. The molecule has 0 spiro atoms. The highest BCUT2D eigenvalue weighted by Gasteiger charge is 2.44. The third-order valence-corrected chi connectivity index (χ3v) is 4.14. The molecule has 122 valence electrons. The van der Waals surface area contributed by atoms with Crippen molar-refractivity contribution in [2.75, 3.05) is 4.90 Å². The van der Waals surface area contributed by atoms with Gasteiger partial charge >= 0.3 is 0 Å². The van der Waals surface area contributed by atoms with E-state index in [1.807, 2.05) is 0 Å². The van der Waals surface area contributed by atoms with Crippen LogP contribution < -0.4 is 4.90 Å². The quantitative estimate of drug-likeness (QED) is 0.915. The van der Waals surface area contributed by atoms with Crippen molar-refractivity contribution in [3.05, 3.63) is 76.3 Å². The minimum Gasteiger partial charge on any atom is -0.503 e. The molecule has 0 bridgehead atoms. The number of nitrogens with zero attached hydrogens (tertiary/aromatic N) is 1. The lowest BCUT2D eigenvalue weighted by Crippen LogP contribution is -2.31. The Hall–Kier alpha value is -2.66. The molecule has 1 amide bonds. The van der Waals surface area contributed by atoms with Gasteiger partial charge in [0, 0.05) is 5.02 Å². The fourth-order valence-corrected chi connectivity index (χ4v) is 2.95. The number of rotatable bonds is 3. The summed E-state index contributed by atoms with van der Waals surface area (Å²) < 4.78 is 14.2. The molecule has 3 rings (SSSR count). The molecular weight excluding hydrogens is 333 g/mol. The summed E-state index contributed by atoms with van der Waals surface area (Å²) in [6, 6.07) is 11.3. The second kappa shape index (κ2) is 6.09. The number of halogens is 2. The molecule has 24 heavy (non-hydrogen) atoms. The number of carbonyl (C=O) groups excluding carboxylic acids is 2. The number of ketones is 1. The molecule has 1 atom stereocenters. The van der Waals surface area contributed by atoms with Gasteiger partial charge in [0.15, 0.2) is 11.5 Å². The lowest BCUT2D eigenvalue weighted by atomic mass is 9.96. The van der Waals surface area contributed by atoms with Crippen LogP contribution in [0.2, 0.25) is 5.02 Å². The average Bonchev–Trinajstić information content (AvgIpc) is 2.81. The maximum atomic E-state index is 14.2. The Balaban J connectivity index is 2.21. The normalized spacial score (nSPS) is 17.5. The van der Waals surface area contributed by atoms with E-state index in [2.05, 4.69) is 0 Å². The lowest BCUT2D eigenvalue weighted by molar-refractivity contribution is -0.117. The highest BCUT2D eigenvalue weighted by molar-refractivity contribution is 6.30. The van der Waals surface area contributed by atoms with Crippen LogP contribution in [0.4, 0.5) is 10.1 Å². The summed E-state index contributed by atoms with van der Waals surface area (Å²) in [5, 5.41) is 10.6. The van der Waals surface area contributed by atoms with Gasteiger partial charge in [-0.2, -0.15) is 0 Å². The smallest absolute Gasteiger partial charge is 0.294 e. The van der Waals surface area contributed by atoms with E-state index in [1.165, 1.54) is 25.1 Å². The number of carbonyl (C=O) groups is 2. The number of aliphatic hydroxyl groups excluding tert-OH is 1. The summed E-state index contributed by atoms with van der Waals surface area (Å²) in [6.07, 6.45) is 0. The van der Waals surface area contributed by atoms with Crippen molar-refractivity contribution >= 4 is 29.0 Å². The highest BCUT2D eigenvalue weighted by atomic mass is 35.5. The number of hydrogen-bond donors (Lipinski definition) is 1. The second-order valence-corrected chi connectivity index (χ2v) is 5.84. The minimum absolute atomic E-state index is 0.00903. The molecule has 1 aliphatic heterocycles. The highest BCUT2D eigenvalue weighted by Crippen LogP contribution is 2.41. The Kier molecular flexibility index (Phi) is 4.11. The minimum atomic E-state index is -0.913. The summed E-state index contributed by atoms with van der Waals surface area (Å²) in [5.41, 5.74) is 0.473. The predicted octanol–water partition coefficient (Wildman–Crippen LogP) is 3.97. The molecule has 0 aliphatic carbocycles. The van der Waals surface area contributed by atoms with Gasteiger partial charge in [-0.3, -0.25) is 14.5 Å². The number of hydrogen-bond acceptors (Lipinski definition) is 3. The maximum Gasteiger partial charge on any atom is 0.294 e. The summed E-state index contributed by atoms with van der Waals surface area (Å²) in [7, 11) is 0. The van der Waals surface area contributed by atoms with Crippen LogP contribution in [0, 0.1) is 5.82 Å². The third-order valence-electron chi connectivity index (χ3n) is 3.89. The molecule has 1 heterocycles. The van der Waals surface area contributed by atoms with Crippen molar-refractivity contribution in [2.24, 2.45) is 0 Å². The molecule has 2 aromatic carbocycles. The van der Waals surface area contributed by atoms with E-state index in [0.717, 1.165) is 4.90 Å².